The molecule has 0 radical (unpaired) electrons. The second kappa shape index (κ2) is 5.69. The van der Waals surface area contributed by atoms with Crippen LogP contribution in [0.15, 0.2) is 5.38 Å². The third kappa shape index (κ3) is 3.30. The quantitative estimate of drug-likeness (QED) is 0.886. The Kier molecular flexibility index (Phi) is 4.34. The second-order valence-corrected chi connectivity index (χ2v) is 7.85. The van der Waals surface area contributed by atoms with Crippen LogP contribution in [0.4, 0.5) is 10.8 Å². The number of aryl methyl sites for hydroxylation is 1. The molecule has 6 heteroatoms. The van der Waals surface area contributed by atoms with Gasteiger partial charge in [-0.25, -0.2) is 4.98 Å². The number of aromatic nitrogens is 2. The molecule has 0 aliphatic heterocycles. The summed E-state index contributed by atoms with van der Waals surface area (Å²) >= 11 is 3.02. The van der Waals surface area contributed by atoms with Crippen LogP contribution >= 0.6 is 22.9 Å². The molecule has 0 amide bonds. The summed E-state index contributed by atoms with van der Waals surface area (Å²) in [7, 11) is 0. The van der Waals surface area contributed by atoms with Gasteiger partial charge in [-0.3, -0.25) is 0 Å². The molecule has 2 aromatic heterocycles. The van der Waals surface area contributed by atoms with Crippen LogP contribution in [-0.2, 0) is 0 Å². The molecule has 0 fully saturated rings. The summed E-state index contributed by atoms with van der Waals surface area (Å²) in [6.45, 7) is 11.9. The minimum absolute atomic E-state index is 0.279. The molecule has 0 aliphatic rings. The summed E-state index contributed by atoms with van der Waals surface area (Å²) in [5.41, 5.74) is 8.25. The van der Waals surface area contributed by atoms with Gasteiger partial charge in [0.05, 0.1) is 5.56 Å². The van der Waals surface area contributed by atoms with Crippen molar-refractivity contribution in [3.8, 4) is 10.6 Å². The zero-order valence-corrected chi connectivity index (χ0v) is 14.3. The van der Waals surface area contributed by atoms with Gasteiger partial charge in [-0.05, 0) is 29.8 Å². The third-order valence-corrected chi connectivity index (χ3v) is 5.40. The number of thiazole rings is 1. The summed E-state index contributed by atoms with van der Waals surface area (Å²) in [6.07, 6.45) is 0. The van der Waals surface area contributed by atoms with E-state index in [0.717, 1.165) is 27.8 Å². The van der Waals surface area contributed by atoms with Gasteiger partial charge in [-0.2, -0.15) is 4.37 Å². The fourth-order valence-electron chi connectivity index (χ4n) is 1.65. The van der Waals surface area contributed by atoms with Crippen molar-refractivity contribution >= 4 is 33.7 Å². The minimum atomic E-state index is 0.279. The van der Waals surface area contributed by atoms with Gasteiger partial charge in [0.1, 0.15) is 15.8 Å². The van der Waals surface area contributed by atoms with Crippen LogP contribution in [0.3, 0.4) is 0 Å². The van der Waals surface area contributed by atoms with E-state index in [1.54, 1.807) is 11.3 Å². The van der Waals surface area contributed by atoms with Crippen LogP contribution in [-0.4, -0.2) is 15.9 Å². The fourth-order valence-corrected chi connectivity index (χ4v) is 3.29. The lowest BCUT2D eigenvalue weighted by atomic mass is 9.82. The molecule has 4 nitrogen and oxygen atoms in total. The first-order valence-corrected chi connectivity index (χ1v) is 8.36. The van der Waals surface area contributed by atoms with Gasteiger partial charge in [0.15, 0.2) is 0 Å². The number of nitrogens with one attached hydrogen (secondary N) is 1. The Balaban J connectivity index is 2.18. The molecular formula is C14H22N4S2. The van der Waals surface area contributed by atoms with E-state index >= 15 is 0 Å². The Hall–Kier alpha value is -1.14. The first kappa shape index (κ1) is 15.3. The van der Waals surface area contributed by atoms with Crippen LogP contribution in [0.25, 0.3) is 10.6 Å². The molecule has 0 bridgehead atoms. The van der Waals surface area contributed by atoms with E-state index in [4.69, 9.17) is 5.73 Å². The van der Waals surface area contributed by atoms with Crippen LogP contribution < -0.4 is 11.1 Å². The van der Waals surface area contributed by atoms with E-state index < -0.39 is 0 Å². The molecule has 110 valence electrons. The molecule has 0 saturated heterocycles. The second-order valence-electron chi connectivity index (χ2n) is 6.21. The molecule has 0 aromatic carbocycles. The number of hydrogen-bond donors (Lipinski definition) is 2. The normalized spacial score (nSPS) is 13.4. The Morgan fingerprint density at radius 3 is 2.65 bits per heavy atom. The highest BCUT2D eigenvalue weighted by Gasteiger charge is 2.22. The average Bonchev–Trinajstić information content (AvgIpc) is 2.91. The summed E-state index contributed by atoms with van der Waals surface area (Å²) in [5.74, 6) is 1.12. The molecular weight excluding hydrogens is 288 g/mol. The average molecular weight is 310 g/mol. The summed E-state index contributed by atoms with van der Waals surface area (Å²) < 4.78 is 4.27. The number of nitrogen functional groups attached to an aromatic ring is 1. The predicted octanol–water partition coefficient (Wildman–Crippen LogP) is 4.25. The van der Waals surface area contributed by atoms with Crippen LogP contribution in [0, 0.1) is 18.3 Å². The van der Waals surface area contributed by atoms with Gasteiger partial charge < -0.3 is 11.1 Å². The highest BCUT2D eigenvalue weighted by atomic mass is 32.1. The van der Waals surface area contributed by atoms with Gasteiger partial charge in [-0.1, -0.05) is 27.7 Å². The van der Waals surface area contributed by atoms with E-state index in [-0.39, 0.29) is 5.41 Å². The maximum absolute atomic E-state index is 6.00. The van der Waals surface area contributed by atoms with Gasteiger partial charge >= 0.3 is 0 Å². The van der Waals surface area contributed by atoms with E-state index in [2.05, 4.69) is 42.4 Å². The topological polar surface area (TPSA) is 63.8 Å². The number of anilines is 2. The lowest BCUT2D eigenvalue weighted by molar-refractivity contribution is 0.275. The predicted molar refractivity (Wildman–Crippen MR) is 89.5 cm³/mol. The highest BCUT2D eigenvalue weighted by Crippen LogP contribution is 2.38. The Labute approximate surface area is 128 Å². The standard InChI is InChI=1S/C14H22N4S2/c1-8(14(3,4)5)6-16-12-10(11(15)18-20-12)13-17-9(2)7-19-13/h7-8,16H,6H2,1-5H3,(H2,15,18). The molecule has 2 rings (SSSR count). The molecule has 0 aliphatic carbocycles. The maximum Gasteiger partial charge on any atom is 0.149 e. The van der Waals surface area contributed by atoms with Crippen LogP contribution in [0.2, 0.25) is 0 Å². The fraction of sp³-hybridized carbons (Fsp3) is 0.571. The van der Waals surface area contributed by atoms with Crippen molar-refractivity contribution in [1.29, 1.82) is 0 Å². The van der Waals surface area contributed by atoms with E-state index in [9.17, 15) is 0 Å². The number of rotatable bonds is 4. The van der Waals surface area contributed by atoms with Gasteiger partial charge in [0.25, 0.3) is 0 Å². The van der Waals surface area contributed by atoms with Crippen molar-refractivity contribution in [2.45, 2.75) is 34.6 Å². The zero-order valence-electron chi connectivity index (χ0n) is 12.7. The Morgan fingerprint density at radius 1 is 1.40 bits per heavy atom. The highest BCUT2D eigenvalue weighted by molar-refractivity contribution is 7.15. The zero-order chi connectivity index (χ0) is 14.9. The SMILES string of the molecule is Cc1csc(-c2c(N)nsc2NCC(C)C(C)(C)C)n1. The monoisotopic (exact) mass is 310 g/mol. The van der Waals surface area contributed by atoms with Crippen molar-refractivity contribution in [2.75, 3.05) is 17.6 Å². The van der Waals surface area contributed by atoms with Gasteiger partial charge in [0.2, 0.25) is 0 Å². The summed E-state index contributed by atoms with van der Waals surface area (Å²) in [4.78, 5) is 4.52. The molecule has 20 heavy (non-hydrogen) atoms. The van der Waals surface area contributed by atoms with Crippen molar-refractivity contribution < 1.29 is 0 Å². The first-order chi connectivity index (χ1) is 9.29. The third-order valence-electron chi connectivity index (χ3n) is 3.60. The van der Waals surface area contributed by atoms with Crippen LogP contribution in [0.1, 0.15) is 33.4 Å². The molecule has 2 aromatic rings. The van der Waals surface area contributed by atoms with Gasteiger partial charge in [0, 0.05) is 17.6 Å². The first-order valence-electron chi connectivity index (χ1n) is 6.70. The van der Waals surface area contributed by atoms with Crippen LogP contribution in [0.5, 0.6) is 0 Å². The molecule has 0 saturated carbocycles. The van der Waals surface area contributed by atoms with E-state index in [1.807, 2.05) is 12.3 Å². The summed E-state index contributed by atoms with van der Waals surface area (Å²) in [6, 6.07) is 0. The number of nitrogens with zero attached hydrogens (tertiary/aromatic N) is 2. The van der Waals surface area contributed by atoms with E-state index in [0.29, 0.717) is 11.7 Å². The van der Waals surface area contributed by atoms with Crippen molar-refractivity contribution in [3.63, 3.8) is 0 Å². The lowest BCUT2D eigenvalue weighted by Gasteiger charge is -2.27. The summed E-state index contributed by atoms with van der Waals surface area (Å²) in [5, 5.41) is 7.49. The molecule has 3 N–H and O–H groups in total. The molecule has 1 atom stereocenters. The van der Waals surface area contributed by atoms with Crippen molar-refractivity contribution in [3.05, 3.63) is 11.1 Å². The van der Waals surface area contributed by atoms with E-state index in [1.165, 1.54) is 11.5 Å². The number of hydrogen-bond acceptors (Lipinski definition) is 6. The molecule has 0 spiro atoms. The smallest absolute Gasteiger partial charge is 0.149 e. The minimum Gasteiger partial charge on any atom is -0.382 e. The molecule has 2 heterocycles. The largest absolute Gasteiger partial charge is 0.382 e. The molecule has 1 unspecified atom stereocenters. The van der Waals surface area contributed by atoms with Crippen molar-refractivity contribution in [2.24, 2.45) is 11.3 Å². The number of nitrogens with two attached hydrogens (primary N) is 1. The maximum atomic E-state index is 6.00. The Bertz CT molecular complexity index is 580. The van der Waals surface area contributed by atoms with Gasteiger partial charge in [-0.15, -0.1) is 11.3 Å². The Morgan fingerprint density at radius 2 is 2.10 bits per heavy atom. The lowest BCUT2D eigenvalue weighted by Crippen LogP contribution is -2.24. The van der Waals surface area contributed by atoms with Crippen molar-refractivity contribution in [1.82, 2.24) is 9.36 Å².